The number of carbonyl (C=O) groups is 1. The molecule has 0 aliphatic carbocycles. The summed E-state index contributed by atoms with van der Waals surface area (Å²) in [5.74, 6) is 1.11. The average molecular weight is 360 g/mol. The molecule has 0 heterocycles. The van der Waals surface area contributed by atoms with Crippen LogP contribution < -0.4 is 20.1 Å². The van der Waals surface area contributed by atoms with Crippen LogP contribution in [0.4, 0.5) is 4.39 Å². The molecule has 0 aliphatic heterocycles. The van der Waals surface area contributed by atoms with Crippen LogP contribution in [0.2, 0.25) is 0 Å². The van der Waals surface area contributed by atoms with Crippen LogP contribution in [0.3, 0.4) is 0 Å². The summed E-state index contributed by atoms with van der Waals surface area (Å²) < 4.78 is 23.3. The van der Waals surface area contributed by atoms with Crippen molar-refractivity contribution in [3.05, 3.63) is 59.4 Å². The van der Waals surface area contributed by atoms with E-state index in [0.717, 1.165) is 24.1 Å². The maximum atomic E-state index is 12.8. The number of methoxy groups -OCH3 is 2. The molecule has 1 amide bonds. The van der Waals surface area contributed by atoms with Gasteiger partial charge < -0.3 is 20.1 Å². The Morgan fingerprint density at radius 2 is 1.65 bits per heavy atom. The molecule has 6 heteroatoms. The summed E-state index contributed by atoms with van der Waals surface area (Å²) >= 11 is 0. The summed E-state index contributed by atoms with van der Waals surface area (Å²) in [7, 11) is 3.23. The summed E-state index contributed by atoms with van der Waals surface area (Å²) in [6, 6.07) is 11.9. The Morgan fingerprint density at radius 1 is 0.962 bits per heavy atom. The summed E-state index contributed by atoms with van der Waals surface area (Å²) in [4.78, 5) is 11.8. The lowest BCUT2D eigenvalue weighted by molar-refractivity contribution is -0.121. The highest BCUT2D eigenvalue weighted by atomic mass is 19.1. The molecule has 0 bridgehead atoms. The van der Waals surface area contributed by atoms with Gasteiger partial charge in [-0.1, -0.05) is 18.2 Å². The highest BCUT2D eigenvalue weighted by Gasteiger charge is 2.05. The second-order valence-electron chi connectivity index (χ2n) is 5.84. The Bertz CT molecular complexity index is 705. The minimum Gasteiger partial charge on any atom is -0.493 e. The van der Waals surface area contributed by atoms with Gasteiger partial charge in [0.2, 0.25) is 5.91 Å². The van der Waals surface area contributed by atoms with Crippen molar-refractivity contribution in [2.24, 2.45) is 0 Å². The first kappa shape index (κ1) is 19.7. The second kappa shape index (κ2) is 10.4. The summed E-state index contributed by atoms with van der Waals surface area (Å²) in [5, 5.41) is 6.08. The van der Waals surface area contributed by atoms with E-state index >= 15 is 0 Å². The van der Waals surface area contributed by atoms with E-state index in [2.05, 4.69) is 10.6 Å². The van der Waals surface area contributed by atoms with E-state index in [4.69, 9.17) is 9.47 Å². The molecule has 5 nitrogen and oxygen atoms in total. The van der Waals surface area contributed by atoms with Gasteiger partial charge in [0.1, 0.15) is 5.82 Å². The maximum Gasteiger partial charge on any atom is 0.221 e. The Balaban J connectivity index is 1.62. The molecule has 2 aromatic carbocycles. The second-order valence-corrected chi connectivity index (χ2v) is 5.84. The molecule has 0 saturated heterocycles. The topological polar surface area (TPSA) is 59.6 Å². The lowest BCUT2D eigenvalue weighted by Gasteiger charge is -2.10. The molecular formula is C20H25FN2O3. The van der Waals surface area contributed by atoms with Gasteiger partial charge >= 0.3 is 0 Å². The number of hydrogen-bond acceptors (Lipinski definition) is 4. The zero-order valence-corrected chi connectivity index (χ0v) is 15.2. The molecule has 140 valence electrons. The van der Waals surface area contributed by atoms with Crippen molar-refractivity contribution in [1.29, 1.82) is 0 Å². The van der Waals surface area contributed by atoms with Gasteiger partial charge in [0.15, 0.2) is 11.5 Å². The lowest BCUT2D eigenvalue weighted by Crippen LogP contribution is -2.28. The molecule has 0 aromatic heterocycles. The van der Waals surface area contributed by atoms with Crippen LogP contribution >= 0.6 is 0 Å². The fraction of sp³-hybridized carbons (Fsp3) is 0.350. The maximum absolute atomic E-state index is 12.8. The van der Waals surface area contributed by atoms with E-state index < -0.39 is 0 Å². The van der Waals surface area contributed by atoms with Crippen molar-refractivity contribution >= 4 is 5.91 Å². The molecule has 0 unspecified atom stereocenters. The Morgan fingerprint density at radius 3 is 2.35 bits per heavy atom. The molecule has 0 aliphatic rings. The molecular weight excluding hydrogens is 335 g/mol. The number of halogens is 1. The molecule has 0 radical (unpaired) electrons. The Hall–Kier alpha value is -2.60. The van der Waals surface area contributed by atoms with Gasteiger partial charge in [-0.15, -0.1) is 0 Å². The Kier molecular flexibility index (Phi) is 7.89. The van der Waals surface area contributed by atoms with E-state index in [1.165, 1.54) is 12.1 Å². The van der Waals surface area contributed by atoms with Crippen LogP contribution in [0.25, 0.3) is 0 Å². The van der Waals surface area contributed by atoms with E-state index in [1.54, 1.807) is 26.4 Å². The third kappa shape index (κ3) is 6.37. The fourth-order valence-corrected chi connectivity index (χ4v) is 2.49. The fourth-order valence-electron chi connectivity index (χ4n) is 2.49. The first-order chi connectivity index (χ1) is 12.6. The zero-order chi connectivity index (χ0) is 18.8. The van der Waals surface area contributed by atoms with Crippen LogP contribution in [-0.4, -0.2) is 33.2 Å². The highest BCUT2D eigenvalue weighted by molar-refractivity contribution is 5.76. The zero-order valence-electron chi connectivity index (χ0n) is 15.2. The largest absolute Gasteiger partial charge is 0.493 e. The number of amides is 1. The normalized spacial score (nSPS) is 10.4. The quantitative estimate of drug-likeness (QED) is 0.640. The smallest absolute Gasteiger partial charge is 0.221 e. The summed E-state index contributed by atoms with van der Waals surface area (Å²) in [6.07, 6.45) is 1.23. The molecule has 2 N–H and O–H groups in total. The summed E-state index contributed by atoms with van der Waals surface area (Å²) in [5.41, 5.74) is 2.01. The molecule has 0 fully saturated rings. The molecule has 0 spiro atoms. The van der Waals surface area contributed by atoms with Crippen LogP contribution in [0.1, 0.15) is 17.5 Å². The number of hydrogen-bond donors (Lipinski definition) is 2. The van der Waals surface area contributed by atoms with Crippen molar-refractivity contribution in [3.63, 3.8) is 0 Å². The van der Waals surface area contributed by atoms with Crippen molar-refractivity contribution in [3.8, 4) is 11.5 Å². The van der Waals surface area contributed by atoms with Crippen molar-refractivity contribution in [2.45, 2.75) is 19.4 Å². The van der Waals surface area contributed by atoms with E-state index in [-0.39, 0.29) is 11.7 Å². The number of nitrogens with one attached hydrogen (secondary N) is 2. The minimum absolute atomic E-state index is 0.0343. The molecule has 0 saturated carbocycles. The number of ether oxygens (including phenoxy) is 2. The molecule has 0 atom stereocenters. The third-order valence-corrected chi connectivity index (χ3v) is 3.97. The van der Waals surface area contributed by atoms with Crippen molar-refractivity contribution < 1.29 is 18.7 Å². The molecule has 26 heavy (non-hydrogen) atoms. The van der Waals surface area contributed by atoms with Gasteiger partial charge in [-0.05, 0) is 48.4 Å². The summed E-state index contributed by atoms with van der Waals surface area (Å²) in [6.45, 7) is 1.77. The first-order valence-corrected chi connectivity index (χ1v) is 8.55. The van der Waals surface area contributed by atoms with Crippen molar-refractivity contribution in [2.75, 3.05) is 27.3 Å². The highest BCUT2D eigenvalue weighted by Crippen LogP contribution is 2.27. The Labute approximate surface area is 153 Å². The van der Waals surface area contributed by atoms with E-state index in [1.807, 2.05) is 18.2 Å². The SMILES string of the molecule is COc1ccc(CCNCCC(=O)NCc2ccc(F)cc2)cc1OC. The van der Waals surface area contributed by atoms with Gasteiger partial charge in [0.05, 0.1) is 14.2 Å². The number of benzene rings is 2. The van der Waals surface area contributed by atoms with Gasteiger partial charge in [-0.3, -0.25) is 4.79 Å². The number of rotatable bonds is 10. The van der Waals surface area contributed by atoms with E-state index in [9.17, 15) is 9.18 Å². The first-order valence-electron chi connectivity index (χ1n) is 8.55. The average Bonchev–Trinajstić information content (AvgIpc) is 2.67. The third-order valence-electron chi connectivity index (χ3n) is 3.97. The standard InChI is InChI=1S/C20H25FN2O3/c1-25-18-8-5-15(13-19(18)26-2)9-11-22-12-10-20(24)23-14-16-3-6-17(21)7-4-16/h3-8,13,22H,9-12,14H2,1-2H3,(H,23,24). The molecule has 2 aromatic rings. The predicted octanol–water partition coefficient (Wildman–Crippen LogP) is 2.68. The monoisotopic (exact) mass is 360 g/mol. The van der Waals surface area contributed by atoms with Crippen LogP contribution in [-0.2, 0) is 17.8 Å². The van der Waals surface area contributed by atoms with Crippen LogP contribution in [0, 0.1) is 5.82 Å². The van der Waals surface area contributed by atoms with Crippen molar-refractivity contribution in [1.82, 2.24) is 10.6 Å². The van der Waals surface area contributed by atoms with E-state index in [0.29, 0.717) is 31.0 Å². The van der Waals surface area contributed by atoms with Gasteiger partial charge in [-0.25, -0.2) is 4.39 Å². The van der Waals surface area contributed by atoms with Gasteiger partial charge in [0, 0.05) is 19.5 Å². The minimum atomic E-state index is -0.279. The molecule has 2 rings (SSSR count). The number of carbonyl (C=O) groups excluding carboxylic acids is 1. The van der Waals surface area contributed by atoms with Crippen LogP contribution in [0.15, 0.2) is 42.5 Å². The van der Waals surface area contributed by atoms with Gasteiger partial charge in [0.25, 0.3) is 0 Å². The predicted molar refractivity (Wildman–Crippen MR) is 99.0 cm³/mol. The van der Waals surface area contributed by atoms with Gasteiger partial charge in [-0.2, -0.15) is 0 Å². The van der Waals surface area contributed by atoms with Crippen LogP contribution in [0.5, 0.6) is 11.5 Å². The lowest BCUT2D eigenvalue weighted by atomic mass is 10.1.